The van der Waals surface area contributed by atoms with Crippen molar-refractivity contribution in [3.63, 3.8) is 0 Å². The van der Waals surface area contributed by atoms with E-state index in [1.807, 2.05) is 54.6 Å². The molecule has 0 saturated heterocycles. The van der Waals surface area contributed by atoms with E-state index < -0.39 is 0 Å². The second-order valence-corrected chi connectivity index (χ2v) is 5.71. The second-order valence-electron chi connectivity index (χ2n) is 5.71. The van der Waals surface area contributed by atoms with Crippen molar-refractivity contribution in [3.05, 3.63) is 84.2 Å². The minimum atomic E-state index is 0.141. The summed E-state index contributed by atoms with van der Waals surface area (Å²) in [5, 5.41) is 0. The van der Waals surface area contributed by atoms with Gasteiger partial charge in [-0.25, -0.2) is 9.98 Å². The molecule has 0 radical (unpaired) electrons. The van der Waals surface area contributed by atoms with Crippen molar-refractivity contribution >= 4 is 5.90 Å². The van der Waals surface area contributed by atoms with Crippen molar-refractivity contribution in [2.24, 2.45) is 4.99 Å². The lowest BCUT2D eigenvalue weighted by atomic mass is 10.1. The Morgan fingerprint density at radius 2 is 1.62 bits per heavy atom. The van der Waals surface area contributed by atoms with Crippen LogP contribution in [0, 0.1) is 0 Å². The van der Waals surface area contributed by atoms with E-state index in [1.165, 1.54) is 5.56 Å². The van der Waals surface area contributed by atoms with Crippen molar-refractivity contribution in [2.45, 2.75) is 12.5 Å². The Labute approximate surface area is 140 Å². The van der Waals surface area contributed by atoms with Crippen LogP contribution < -0.4 is 0 Å². The summed E-state index contributed by atoms with van der Waals surface area (Å²) in [6.45, 7) is 0.597. The van der Waals surface area contributed by atoms with Crippen LogP contribution in [0.15, 0.2) is 77.9 Å². The van der Waals surface area contributed by atoms with Gasteiger partial charge in [-0.05, 0) is 36.2 Å². The van der Waals surface area contributed by atoms with Gasteiger partial charge in [-0.1, -0.05) is 42.5 Å². The molecule has 1 aliphatic rings. The van der Waals surface area contributed by atoms with Crippen LogP contribution in [0.3, 0.4) is 0 Å². The van der Waals surface area contributed by atoms with E-state index in [2.05, 4.69) is 22.1 Å². The molecule has 4 heteroatoms. The highest BCUT2D eigenvalue weighted by molar-refractivity contribution is 5.93. The van der Waals surface area contributed by atoms with E-state index in [0.29, 0.717) is 12.5 Å². The molecule has 0 unspecified atom stereocenters. The smallest absolute Gasteiger partial charge is 0.235 e. The van der Waals surface area contributed by atoms with Crippen LogP contribution in [0.1, 0.15) is 11.3 Å². The van der Waals surface area contributed by atoms with Crippen LogP contribution in [0.2, 0.25) is 0 Å². The molecule has 4 nitrogen and oxygen atoms in total. The topological polar surface area (TPSA) is 47.4 Å². The van der Waals surface area contributed by atoms with Gasteiger partial charge < -0.3 is 4.74 Å². The summed E-state index contributed by atoms with van der Waals surface area (Å²) in [7, 11) is 0. The third-order valence-electron chi connectivity index (χ3n) is 3.92. The van der Waals surface area contributed by atoms with Crippen molar-refractivity contribution in [1.29, 1.82) is 0 Å². The van der Waals surface area contributed by atoms with E-state index >= 15 is 0 Å². The minimum absolute atomic E-state index is 0.141. The first-order valence-electron chi connectivity index (χ1n) is 8.02. The number of benzene rings is 1. The molecule has 0 bridgehead atoms. The van der Waals surface area contributed by atoms with Gasteiger partial charge in [0.1, 0.15) is 12.3 Å². The second kappa shape index (κ2) is 6.62. The highest BCUT2D eigenvalue weighted by atomic mass is 16.5. The zero-order valence-corrected chi connectivity index (χ0v) is 13.2. The lowest BCUT2D eigenvalue weighted by Crippen LogP contribution is -2.09. The molecule has 0 spiro atoms. The molecular weight excluding hydrogens is 298 g/mol. The monoisotopic (exact) mass is 315 g/mol. The van der Waals surface area contributed by atoms with E-state index in [-0.39, 0.29) is 6.04 Å². The third kappa shape index (κ3) is 3.18. The maximum absolute atomic E-state index is 5.78. The number of hydrogen-bond acceptors (Lipinski definition) is 4. The number of pyridine rings is 2. The predicted molar refractivity (Wildman–Crippen MR) is 93.9 cm³/mol. The molecule has 0 saturated carbocycles. The van der Waals surface area contributed by atoms with Crippen LogP contribution in [0.25, 0.3) is 11.4 Å². The first-order valence-corrected chi connectivity index (χ1v) is 8.02. The van der Waals surface area contributed by atoms with E-state index in [4.69, 9.17) is 9.73 Å². The molecule has 0 fully saturated rings. The van der Waals surface area contributed by atoms with Crippen molar-refractivity contribution in [2.75, 3.05) is 6.61 Å². The van der Waals surface area contributed by atoms with Gasteiger partial charge in [-0.15, -0.1) is 0 Å². The Bertz CT molecular complexity index is 847. The fourth-order valence-electron chi connectivity index (χ4n) is 2.76. The normalized spacial score (nSPS) is 16.5. The summed E-state index contributed by atoms with van der Waals surface area (Å²) < 4.78 is 5.78. The molecule has 1 atom stereocenters. The summed E-state index contributed by atoms with van der Waals surface area (Å²) in [4.78, 5) is 13.7. The zero-order valence-electron chi connectivity index (χ0n) is 13.2. The number of hydrogen-bond donors (Lipinski definition) is 0. The van der Waals surface area contributed by atoms with E-state index in [1.54, 1.807) is 6.20 Å². The zero-order chi connectivity index (χ0) is 16.2. The van der Waals surface area contributed by atoms with Crippen LogP contribution in [0.5, 0.6) is 0 Å². The van der Waals surface area contributed by atoms with Gasteiger partial charge in [0.05, 0.1) is 17.4 Å². The Kier molecular flexibility index (Phi) is 4.02. The number of aliphatic imine (C=N–C) groups is 1. The molecule has 1 aliphatic heterocycles. The van der Waals surface area contributed by atoms with Gasteiger partial charge in [0.15, 0.2) is 0 Å². The molecule has 1 aromatic carbocycles. The number of nitrogens with zero attached hydrogens (tertiary/aromatic N) is 3. The minimum Gasteiger partial charge on any atom is -0.474 e. The average molecular weight is 315 g/mol. The summed E-state index contributed by atoms with van der Waals surface area (Å²) in [5.74, 6) is 0.619. The van der Waals surface area contributed by atoms with Gasteiger partial charge in [0, 0.05) is 6.20 Å². The number of rotatable bonds is 4. The van der Waals surface area contributed by atoms with Crippen LogP contribution in [0.4, 0.5) is 0 Å². The lowest BCUT2D eigenvalue weighted by molar-refractivity contribution is 0.316. The predicted octanol–water partition coefficient (Wildman–Crippen LogP) is 3.53. The Hall–Kier alpha value is -3.01. The Morgan fingerprint density at radius 3 is 2.46 bits per heavy atom. The summed E-state index contributed by atoms with van der Waals surface area (Å²) in [6, 6.07) is 22.1. The van der Waals surface area contributed by atoms with Crippen LogP contribution >= 0.6 is 0 Å². The third-order valence-corrected chi connectivity index (χ3v) is 3.92. The Balaban J connectivity index is 1.55. The molecule has 0 amide bonds. The van der Waals surface area contributed by atoms with Gasteiger partial charge in [-0.2, -0.15) is 0 Å². The van der Waals surface area contributed by atoms with Gasteiger partial charge >= 0.3 is 0 Å². The van der Waals surface area contributed by atoms with E-state index in [0.717, 1.165) is 23.5 Å². The fourth-order valence-corrected chi connectivity index (χ4v) is 2.76. The van der Waals surface area contributed by atoms with Crippen LogP contribution in [-0.2, 0) is 11.2 Å². The highest BCUT2D eigenvalue weighted by Crippen LogP contribution is 2.18. The first-order chi connectivity index (χ1) is 11.9. The molecule has 4 rings (SSSR count). The van der Waals surface area contributed by atoms with Crippen LogP contribution in [-0.4, -0.2) is 28.5 Å². The molecule has 118 valence electrons. The molecule has 3 heterocycles. The SMILES string of the molecule is c1ccc(C[C@@H]2COC(c3cccc(-c4ccccn4)n3)=N2)cc1. The summed E-state index contributed by atoms with van der Waals surface area (Å²) >= 11 is 0. The van der Waals surface area contributed by atoms with Gasteiger partial charge in [-0.3, -0.25) is 4.98 Å². The molecule has 2 aromatic heterocycles. The fraction of sp³-hybridized carbons (Fsp3) is 0.150. The standard InChI is InChI=1S/C20H17N3O/c1-2-7-15(8-3-1)13-16-14-24-20(22-16)19-11-6-10-18(23-19)17-9-4-5-12-21-17/h1-12,16H,13-14H2/t16-/m1/s1. The summed E-state index contributed by atoms with van der Waals surface area (Å²) in [6.07, 6.45) is 2.65. The number of ether oxygens (including phenoxy) is 1. The first kappa shape index (κ1) is 14.6. The van der Waals surface area contributed by atoms with Gasteiger partial charge in [0.2, 0.25) is 5.90 Å². The molecule has 3 aromatic rings. The molecule has 0 aliphatic carbocycles. The maximum atomic E-state index is 5.78. The molecule has 0 N–H and O–H groups in total. The van der Waals surface area contributed by atoms with Crippen molar-refractivity contribution in [1.82, 2.24) is 9.97 Å². The quantitative estimate of drug-likeness (QED) is 0.740. The average Bonchev–Trinajstić information content (AvgIpc) is 3.12. The van der Waals surface area contributed by atoms with Crippen molar-refractivity contribution < 1.29 is 4.74 Å². The van der Waals surface area contributed by atoms with Gasteiger partial charge in [0.25, 0.3) is 0 Å². The lowest BCUT2D eigenvalue weighted by Gasteiger charge is -2.04. The number of aromatic nitrogens is 2. The summed E-state index contributed by atoms with van der Waals surface area (Å²) in [5.41, 5.74) is 3.70. The largest absolute Gasteiger partial charge is 0.474 e. The van der Waals surface area contributed by atoms with E-state index in [9.17, 15) is 0 Å². The molecule has 24 heavy (non-hydrogen) atoms. The Morgan fingerprint density at radius 1 is 0.833 bits per heavy atom. The maximum Gasteiger partial charge on any atom is 0.235 e. The highest BCUT2D eigenvalue weighted by Gasteiger charge is 2.21. The van der Waals surface area contributed by atoms with Crippen molar-refractivity contribution in [3.8, 4) is 11.4 Å². The molecular formula is C20H17N3O.